The summed E-state index contributed by atoms with van der Waals surface area (Å²) < 4.78 is 11.8. The highest BCUT2D eigenvalue weighted by Gasteiger charge is 2.59. The van der Waals surface area contributed by atoms with Crippen LogP contribution in [0.4, 0.5) is 5.69 Å². The third-order valence-electron chi connectivity index (χ3n) is 6.69. The number of anilines is 1. The van der Waals surface area contributed by atoms with Crippen molar-refractivity contribution < 1.29 is 23.9 Å². The Morgan fingerprint density at radius 1 is 1.14 bits per heavy atom. The van der Waals surface area contributed by atoms with Gasteiger partial charge >= 0.3 is 0 Å². The van der Waals surface area contributed by atoms with Crippen LogP contribution in [0.5, 0.6) is 11.5 Å². The molecule has 1 saturated heterocycles. The predicted molar refractivity (Wildman–Crippen MR) is 143 cm³/mol. The molecule has 3 amide bonds. The number of fused-ring (bicyclic) bond motifs is 5. The maximum absolute atomic E-state index is 12.9. The summed E-state index contributed by atoms with van der Waals surface area (Å²) in [6.07, 6.45) is 6.30. The number of benzene rings is 2. The first-order valence-electron chi connectivity index (χ1n) is 11.7. The third-order valence-corrected chi connectivity index (χ3v) is 8.39. The van der Waals surface area contributed by atoms with Crippen LogP contribution in [0.25, 0.3) is 0 Å². The molecule has 2 fully saturated rings. The summed E-state index contributed by atoms with van der Waals surface area (Å²) in [4.78, 5) is 38.2. The molecule has 3 aliphatic rings. The Hall–Kier alpha value is -2.88. The molecular weight excluding hydrogens is 585 g/mol. The second-order valence-corrected chi connectivity index (χ2v) is 10.5. The Bertz CT molecular complexity index is 1300. The number of halogens is 3. The largest absolute Gasteiger partial charge is 0.490 e. The number of imide groups is 1. The number of ether oxygens (including phenoxy) is 2. The number of carbonyl (C=O) groups excluding carboxylic acids is 3. The second kappa shape index (κ2) is 10.5. The maximum Gasteiger partial charge on any atom is 0.262 e. The fourth-order valence-corrected chi connectivity index (χ4v) is 5.86. The van der Waals surface area contributed by atoms with Gasteiger partial charge in [-0.3, -0.25) is 14.4 Å². The zero-order chi connectivity index (χ0) is 26.3. The van der Waals surface area contributed by atoms with Gasteiger partial charge in [-0.1, -0.05) is 35.4 Å². The Morgan fingerprint density at radius 3 is 2.41 bits per heavy atom. The fraction of sp³-hybridized carbons (Fsp3) is 0.308. The molecule has 1 N–H and O–H groups in total. The van der Waals surface area contributed by atoms with Crippen LogP contribution in [0.15, 0.2) is 52.1 Å². The molecule has 2 aliphatic carbocycles. The van der Waals surface area contributed by atoms with Gasteiger partial charge in [0.25, 0.3) is 17.7 Å². The molecule has 8 nitrogen and oxygen atoms in total. The van der Waals surface area contributed by atoms with Gasteiger partial charge < -0.3 is 14.8 Å². The van der Waals surface area contributed by atoms with Crippen LogP contribution in [0.3, 0.4) is 0 Å². The lowest BCUT2D eigenvalue weighted by atomic mass is 9.85. The lowest BCUT2D eigenvalue weighted by molar-refractivity contribution is -0.140. The van der Waals surface area contributed by atoms with Crippen molar-refractivity contribution in [1.82, 2.24) is 5.01 Å². The Morgan fingerprint density at radius 2 is 1.78 bits per heavy atom. The van der Waals surface area contributed by atoms with Gasteiger partial charge in [-0.15, -0.1) is 0 Å². The highest BCUT2D eigenvalue weighted by molar-refractivity contribution is 9.10. The molecule has 2 bridgehead atoms. The molecule has 11 heteroatoms. The minimum atomic E-state index is -0.400. The zero-order valence-electron chi connectivity index (χ0n) is 19.6. The average Bonchev–Trinajstić information content (AvgIpc) is 3.56. The van der Waals surface area contributed by atoms with Crippen LogP contribution >= 0.6 is 39.1 Å². The number of carbonyl (C=O) groups is 3. The highest BCUT2D eigenvalue weighted by Crippen LogP contribution is 2.52. The molecular formula is C26H22BrCl2N3O5. The first kappa shape index (κ1) is 25.8. The standard InChI is InChI=1S/C26H22BrCl2N3O5/c1-2-36-18-10-15(11-30-32-25(34)20-13-3-4-14(9-13)21(20)26(32)35)22(27)23(29)24(18)37-12-19(33)31-17-7-5-16(28)6-8-17/h3-8,10-11,13-14,20-21H,2,9,12H2,1H3,(H,31,33)/t13-,14-,20-,21+/m0/s1. The summed E-state index contributed by atoms with van der Waals surface area (Å²) >= 11 is 15.9. The van der Waals surface area contributed by atoms with Crippen molar-refractivity contribution >= 4 is 68.8 Å². The van der Waals surface area contributed by atoms with E-state index < -0.39 is 5.91 Å². The third kappa shape index (κ3) is 4.87. The van der Waals surface area contributed by atoms with Crippen LogP contribution in [-0.2, 0) is 14.4 Å². The van der Waals surface area contributed by atoms with Gasteiger partial charge in [-0.2, -0.15) is 10.1 Å². The van der Waals surface area contributed by atoms with Crippen molar-refractivity contribution in [3.63, 3.8) is 0 Å². The van der Waals surface area contributed by atoms with Gasteiger partial charge in [0.1, 0.15) is 5.02 Å². The van der Waals surface area contributed by atoms with E-state index in [0.717, 1.165) is 11.4 Å². The molecule has 0 unspecified atom stereocenters. The number of allylic oxidation sites excluding steroid dienone is 2. The van der Waals surface area contributed by atoms with Crippen molar-refractivity contribution in [2.24, 2.45) is 28.8 Å². The SMILES string of the molecule is CCOc1cc(C=NN2C(=O)[C@@H]3[C@H](C2=O)[C@H]2C=C[C@H]3C2)c(Br)c(Cl)c1OCC(=O)Nc1ccc(Cl)cc1. The van der Waals surface area contributed by atoms with E-state index in [1.807, 2.05) is 12.2 Å². The summed E-state index contributed by atoms with van der Waals surface area (Å²) in [5, 5.41) is 8.61. The van der Waals surface area contributed by atoms with E-state index in [9.17, 15) is 14.4 Å². The summed E-state index contributed by atoms with van der Waals surface area (Å²) in [6.45, 7) is 1.78. The van der Waals surface area contributed by atoms with Crippen LogP contribution in [0, 0.1) is 23.7 Å². The van der Waals surface area contributed by atoms with Gasteiger partial charge in [-0.25, -0.2) is 0 Å². The van der Waals surface area contributed by atoms with Crippen molar-refractivity contribution in [2.75, 3.05) is 18.5 Å². The van der Waals surface area contributed by atoms with Gasteiger partial charge in [0.05, 0.1) is 24.7 Å². The second-order valence-electron chi connectivity index (χ2n) is 8.93. The van der Waals surface area contributed by atoms with E-state index in [0.29, 0.717) is 27.4 Å². The molecule has 0 radical (unpaired) electrons. The average molecular weight is 607 g/mol. The molecule has 192 valence electrons. The van der Waals surface area contributed by atoms with Crippen LogP contribution < -0.4 is 14.8 Å². The highest BCUT2D eigenvalue weighted by atomic mass is 79.9. The first-order valence-corrected chi connectivity index (χ1v) is 13.3. The van der Waals surface area contributed by atoms with Crippen LogP contribution in [-0.4, -0.2) is 42.2 Å². The predicted octanol–water partition coefficient (Wildman–Crippen LogP) is 5.31. The van der Waals surface area contributed by atoms with Gasteiger partial charge in [0, 0.05) is 20.7 Å². The number of rotatable bonds is 8. The number of hydrogen-bond donors (Lipinski definition) is 1. The van der Waals surface area contributed by atoms with E-state index in [1.165, 1.54) is 6.21 Å². The van der Waals surface area contributed by atoms with E-state index in [1.54, 1.807) is 37.3 Å². The molecule has 37 heavy (non-hydrogen) atoms. The lowest BCUT2D eigenvalue weighted by Gasteiger charge is -2.16. The van der Waals surface area contributed by atoms with Crippen LogP contribution in [0.2, 0.25) is 10.0 Å². The quantitative estimate of drug-likeness (QED) is 0.249. The first-order chi connectivity index (χ1) is 17.8. The molecule has 4 atom stereocenters. The number of nitrogens with zero attached hydrogens (tertiary/aromatic N) is 2. The van der Waals surface area contributed by atoms with Crippen molar-refractivity contribution in [3.05, 3.63) is 62.6 Å². The van der Waals surface area contributed by atoms with Crippen LogP contribution in [0.1, 0.15) is 18.9 Å². The minimum absolute atomic E-state index is 0.103. The van der Waals surface area contributed by atoms with E-state index in [2.05, 4.69) is 26.3 Å². The van der Waals surface area contributed by atoms with E-state index >= 15 is 0 Å². The Labute approximate surface area is 231 Å². The minimum Gasteiger partial charge on any atom is -0.490 e. The molecule has 2 aromatic carbocycles. The summed E-state index contributed by atoms with van der Waals surface area (Å²) in [5.41, 5.74) is 1.05. The van der Waals surface area contributed by atoms with E-state index in [-0.39, 0.29) is 58.6 Å². The number of hydrogen-bond acceptors (Lipinski definition) is 6. The van der Waals surface area contributed by atoms with Gasteiger partial charge in [0.2, 0.25) is 0 Å². The molecule has 5 rings (SSSR count). The Kier molecular flexibility index (Phi) is 7.29. The zero-order valence-corrected chi connectivity index (χ0v) is 22.7. The van der Waals surface area contributed by atoms with Gasteiger partial charge in [0.15, 0.2) is 18.1 Å². The van der Waals surface area contributed by atoms with Crippen molar-refractivity contribution in [3.8, 4) is 11.5 Å². The molecule has 0 spiro atoms. The topological polar surface area (TPSA) is 97.3 Å². The fourth-order valence-electron chi connectivity index (χ4n) is 5.08. The molecule has 1 saturated carbocycles. The van der Waals surface area contributed by atoms with E-state index in [4.69, 9.17) is 32.7 Å². The number of amides is 3. The molecule has 1 aliphatic heterocycles. The lowest BCUT2D eigenvalue weighted by Crippen LogP contribution is -2.28. The van der Waals surface area contributed by atoms with Crippen molar-refractivity contribution in [2.45, 2.75) is 13.3 Å². The smallest absolute Gasteiger partial charge is 0.262 e. The van der Waals surface area contributed by atoms with Crippen molar-refractivity contribution in [1.29, 1.82) is 0 Å². The summed E-state index contributed by atoms with van der Waals surface area (Å²) in [6, 6.07) is 8.29. The molecule has 1 heterocycles. The maximum atomic E-state index is 12.9. The Balaban J connectivity index is 1.32. The summed E-state index contributed by atoms with van der Waals surface area (Å²) in [5.74, 6) is -0.956. The normalized spacial score (nSPS) is 23.7. The number of hydrazone groups is 1. The monoisotopic (exact) mass is 605 g/mol. The summed E-state index contributed by atoms with van der Waals surface area (Å²) in [7, 11) is 0. The molecule has 0 aromatic heterocycles. The molecule has 2 aromatic rings. The van der Waals surface area contributed by atoms with Gasteiger partial charge in [-0.05, 0) is 71.4 Å². The number of nitrogens with one attached hydrogen (secondary N) is 1.